The highest BCUT2D eigenvalue weighted by Crippen LogP contribution is 2.28. The molecule has 1 fully saturated rings. The minimum Gasteiger partial charge on any atom is -0.494 e. The molecule has 8 heteroatoms. The summed E-state index contributed by atoms with van der Waals surface area (Å²) in [5.74, 6) is 0.301. The number of nitrogens with one attached hydrogen (secondary N) is 1. The fourth-order valence-electron chi connectivity index (χ4n) is 2.90. The van der Waals surface area contributed by atoms with E-state index in [1.807, 2.05) is 6.92 Å². The van der Waals surface area contributed by atoms with Crippen molar-refractivity contribution in [3.8, 4) is 5.75 Å². The number of piperidine rings is 1. The van der Waals surface area contributed by atoms with Gasteiger partial charge in [-0.25, -0.2) is 8.42 Å². The van der Waals surface area contributed by atoms with Crippen molar-refractivity contribution < 1.29 is 17.9 Å². The van der Waals surface area contributed by atoms with E-state index in [-0.39, 0.29) is 9.77 Å². The smallest absolute Gasteiger partial charge is 0.267 e. The van der Waals surface area contributed by atoms with Gasteiger partial charge in [-0.3, -0.25) is 4.79 Å². The third-order valence-electron chi connectivity index (χ3n) is 4.19. The van der Waals surface area contributed by atoms with Crippen molar-refractivity contribution in [3.63, 3.8) is 0 Å². The van der Waals surface area contributed by atoms with Gasteiger partial charge in [-0.05, 0) is 55.5 Å². The molecule has 1 aliphatic heterocycles. The van der Waals surface area contributed by atoms with E-state index in [9.17, 15) is 13.2 Å². The normalized spacial score (nSPS) is 15.6. The van der Waals surface area contributed by atoms with Gasteiger partial charge in [-0.15, -0.1) is 11.3 Å². The van der Waals surface area contributed by atoms with Crippen LogP contribution in [0.4, 0.5) is 5.69 Å². The van der Waals surface area contributed by atoms with E-state index < -0.39 is 15.9 Å². The average Bonchev–Trinajstić information content (AvgIpc) is 3.15. The number of rotatable bonds is 6. The molecule has 26 heavy (non-hydrogen) atoms. The monoisotopic (exact) mass is 394 g/mol. The topological polar surface area (TPSA) is 75.7 Å². The fraction of sp³-hybridized carbons (Fsp3) is 0.389. The maximum Gasteiger partial charge on any atom is 0.267 e. The molecule has 0 unspecified atom stereocenters. The van der Waals surface area contributed by atoms with Gasteiger partial charge in [0.2, 0.25) is 10.0 Å². The molecule has 1 N–H and O–H groups in total. The van der Waals surface area contributed by atoms with Crippen molar-refractivity contribution in [1.29, 1.82) is 0 Å². The summed E-state index contributed by atoms with van der Waals surface area (Å²) in [4.78, 5) is 12.9. The SMILES string of the molecule is CCOc1ccc(NC(=O)c2sccc2S(=O)(=O)N2CCCCC2)cc1. The lowest BCUT2D eigenvalue weighted by molar-refractivity contribution is 0.102. The summed E-state index contributed by atoms with van der Waals surface area (Å²) >= 11 is 1.14. The number of anilines is 1. The number of amides is 1. The van der Waals surface area contributed by atoms with Gasteiger partial charge >= 0.3 is 0 Å². The van der Waals surface area contributed by atoms with Crippen LogP contribution in [0.3, 0.4) is 0 Å². The van der Waals surface area contributed by atoms with Crippen LogP contribution in [0.1, 0.15) is 35.9 Å². The number of ether oxygens (including phenoxy) is 1. The molecule has 1 aliphatic rings. The number of thiophene rings is 1. The molecule has 0 spiro atoms. The summed E-state index contributed by atoms with van der Waals surface area (Å²) in [5, 5.41) is 4.40. The lowest BCUT2D eigenvalue weighted by Gasteiger charge is -2.25. The van der Waals surface area contributed by atoms with Crippen LogP contribution in [0, 0.1) is 0 Å². The molecule has 2 aromatic rings. The Bertz CT molecular complexity index is 854. The Kier molecular flexibility index (Phi) is 5.95. The highest BCUT2D eigenvalue weighted by atomic mass is 32.2. The summed E-state index contributed by atoms with van der Waals surface area (Å²) < 4.78 is 32.6. The van der Waals surface area contributed by atoms with Crippen molar-refractivity contribution in [3.05, 3.63) is 40.6 Å². The van der Waals surface area contributed by atoms with Gasteiger partial charge in [0, 0.05) is 18.8 Å². The number of sulfonamides is 1. The standard InChI is InChI=1S/C18H22N2O4S2/c1-2-24-15-8-6-14(7-9-15)19-18(21)17-16(10-13-25-17)26(22,23)20-11-4-3-5-12-20/h6-10,13H,2-5,11-12H2,1H3,(H,19,21). The summed E-state index contributed by atoms with van der Waals surface area (Å²) in [7, 11) is -3.64. The quantitative estimate of drug-likeness (QED) is 0.813. The summed E-state index contributed by atoms with van der Waals surface area (Å²) in [6.45, 7) is 3.49. The minimum absolute atomic E-state index is 0.0906. The fourth-order valence-corrected chi connectivity index (χ4v) is 5.71. The predicted molar refractivity (Wildman–Crippen MR) is 102 cm³/mol. The first-order chi connectivity index (χ1) is 12.5. The Balaban J connectivity index is 1.77. The zero-order valence-corrected chi connectivity index (χ0v) is 16.2. The third kappa shape index (κ3) is 4.08. The van der Waals surface area contributed by atoms with Gasteiger partial charge in [0.25, 0.3) is 5.91 Å². The number of carbonyl (C=O) groups excluding carboxylic acids is 1. The molecule has 1 aromatic heterocycles. The van der Waals surface area contributed by atoms with Crippen LogP contribution in [-0.4, -0.2) is 38.3 Å². The molecule has 0 atom stereocenters. The van der Waals surface area contributed by atoms with E-state index in [0.29, 0.717) is 25.4 Å². The molecule has 1 amide bonds. The second-order valence-corrected chi connectivity index (χ2v) is 8.81. The van der Waals surface area contributed by atoms with Gasteiger partial charge in [0.05, 0.1) is 6.61 Å². The van der Waals surface area contributed by atoms with E-state index in [1.54, 1.807) is 29.6 Å². The molecule has 0 saturated carbocycles. The number of nitrogens with zero attached hydrogens (tertiary/aromatic N) is 1. The van der Waals surface area contributed by atoms with E-state index in [1.165, 1.54) is 10.4 Å². The highest BCUT2D eigenvalue weighted by Gasteiger charge is 2.30. The Morgan fingerprint density at radius 3 is 2.50 bits per heavy atom. The van der Waals surface area contributed by atoms with Crippen LogP contribution >= 0.6 is 11.3 Å². The van der Waals surface area contributed by atoms with Gasteiger partial charge < -0.3 is 10.1 Å². The molecule has 0 radical (unpaired) electrons. The molecular formula is C18H22N2O4S2. The summed E-state index contributed by atoms with van der Waals surface area (Å²) in [5.41, 5.74) is 0.591. The number of carbonyl (C=O) groups is 1. The Morgan fingerprint density at radius 2 is 1.85 bits per heavy atom. The van der Waals surface area contributed by atoms with Crippen molar-refractivity contribution >= 4 is 33.0 Å². The zero-order chi connectivity index (χ0) is 18.6. The first kappa shape index (κ1) is 18.9. The molecule has 3 rings (SSSR count). The Hall–Kier alpha value is -1.90. The minimum atomic E-state index is -3.64. The van der Waals surface area contributed by atoms with Gasteiger partial charge in [0.1, 0.15) is 15.5 Å². The zero-order valence-electron chi connectivity index (χ0n) is 14.6. The first-order valence-corrected chi connectivity index (χ1v) is 11.0. The third-order valence-corrected chi connectivity index (χ3v) is 7.17. The van der Waals surface area contributed by atoms with Crippen LogP contribution in [0.5, 0.6) is 5.75 Å². The number of hydrogen-bond donors (Lipinski definition) is 1. The van der Waals surface area contributed by atoms with Crippen LogP contribution in [0.25, 0.3) is 0 Å². The summed E-state index contributed by atoms with van der Waals surface area (Å²) in [6, 6.07) is 8.50. The van der Waals surface area contributed by atoms with E-state index in [4.69, 9.17) is 4.74 Å². The average molecular weight is 395 g/mol. The first-order valence-electron chi connectivity index (χ1n) is 8.64. The largest absolute Gasteiger partial charge is 0.494 e. The van der Waals surface area contributed by atoms with Crippen molar-refractivity contribution in [2.75, 3.05) is 25.0 Å². The lowest BCUT2D eigenvalue weighted by atomic mass is 10.2. The maximum absolute atomic E-state index is 12.9. The molecule has 0 aliphatic carbocycles. The van der Waals surface area contributed by atoms with Crippen molar-refractivity contribution in [2.45, 2.75) is 31.1 Å². The second kappa shape index (κ2) is 8.20. The Morgan fingerprint density at radius 1 is 1.15 bits per heavy atom. The number of hydrogen-bond acceptors (Lipinski definition) is 5. The molecule has 140 valence electrons. The molecular weight excluding hydrogens is 372 g/mol. The molecule has 1 aromatic carbocycles. The second-order valence-electron chi connectivity index (χ2n) is 5.99. The van der Waals surface area contributed by atoms with E-state index in [0.717, 1.165) is 36.3 Å². The maximum atomic E-state index is 12.9. The van der Waals surface area contributed by atoms with Gasteiger partial charge in [0.15, 0.2) is 0 Å². The van der Waals surface area contributed by atoms with Crippen LogP contribution in [-0.2, 0) is 10.0 Å². The lowest BCUT2D eigenvalue weighted by Crippen LogP contribution is -2.36. The molecule has 1 saturated heterocycles. The van der Waals surface area contributed by atoms with Gasteiger partial charge in [-0.1, -0.05) is 6.42 Å². The molecule has 2 heterocycles. The van der Waals surface area contributed by atoms with E-state index in [2.05, 4.69) is 5.32 Å². The highest BCUT2D eigenvalue weighted by molar-refractivity contribution is 7.89. The number of benzene rings is 1. The van der Waals surface area contributed by atoms with E-state index >= 15 is 0 Å². The molecule has 6 nitrogen and oxygen atoms in total. The molecule has 0 bridgehead atoms. The van der Waals surface area contributed by atoms with Gasteiger partial charge in [-0.2, -0.15) is 4.31 Å². The van der Waals surface area contributed by atoms with Crippen molar-refractivity contribution in [2.24, 2.45) is 0 Å². The predicted octanol–water partition coefficient (Wildman–Crippen LogP) is 3.57. The Labute approximate surface area is 157 Å². The summed E-state index contributed by atoms with van der Waals surface area (Å²) in [6.07, 6.45) is 2.76. The van der Waals surface area contributed by atoms with Crippen LogP contribution in [0.2, 0.25) is 0 Å². The van der Waals surface area contributed by atoms with Crippen molar-refractivity contribution in [1.82, 2.24) is 4.31 Å². The van der Waals surface area contributed by atoms with Crippen LogP contribution < -0.4 is 10.1 Å². The van der Waals surface area contributed by atoms with Crippen LogP contribution in [0.15, 0.2) is 40.6 Å².